The van der Waals surface area contributed by atoms with E-state index in [9.17, 15) is 9.59 Å². The van der Waals surface area contributed by atoms with Crippen molar-refractivity contribution in [3.05, 3.63) is 59.2 Å². The molecule has 5 nitrogen and oxygen atoms in total. The van der Waals surface area contributed by atoms with Gasteiger partial charge in [-0.3, -0.25) is 9.59 Å². The van der Waals surface area contributed by atoms with E-state index in [0.29, 0.717) is 22.5 Å². The fourth-order valence-corrected chi connectivity index (χ4v) is 2.51. The Morgan fingerprint density at radius 1 is 1.05 bits per heavy atom. The van der Waals surface area contributed by atoms with Crippen molar-refractivity contribution in [1.29, 1.82) is 0 Å². The van der Waals surface area contributed by atoms with Crippen LogP contribution in [-0.2, 0) is 0 Å². The monoisotopic (exact) mass is 311 g/mol. The van der Waals surface area contributed by atoms with E-state index in [2.05, 4.69) is 5.32 Å². The molecule has 2 aromatic carbocycles. The van der Waals surface area contributed by atoms with Gasteiger partial charge in [-0.25, -0.2) is 4.90 Å². The van der Waals surface area contributed by atoms with Crippen LogP contribution in [0.5, 0.6) is 0 Å². The molecule has 2 aromatic rings. The minimum Gasteiger partial charge on any atom is -0.376 e. The highest BCUT2D eigenvalue weighted by Crippen LogP contribution is 2.30. The van der Waals surface area contributed by atoms with E-state index in [4.69, 9.17) is 18.0 Å². The van der Waals surface area contributed by atoms with E-state index in [1.165, 1.54) is 4.90 Å². The number of nitrogens with two attached hydrogens (primary N) is 1. The topological polar surface area (TPSA) is 75.4 Å². The number of carbonyl (C=O) groups excluding carboxylic acids is 2. The second-order valence-electron chi connectivity index (χ2n) is 5.03. The molecule has 0 fully saturated rings. The molecule has 0 saturated heterocycles. The normalized spacial score (nSPS) is 13.2. The molecule has 0 aliphatic carbocycles. The van der Waals surface area contributed by atoms with Crippen LogP contribution < -0.4 is 16.0 Å². The van der Waals surface area contributed by atoms with Crippen LogP contribution in [0, 0.1) is 6.92 Å². The van der Waals surface area contributed by atoms with Gasteiger partial charge in [0, 0.05) is 5.69 Å². The standard InChI is InChI=1S/C16H13N3O2S/c1-9-2-5-11(6-3-9)19-14(20)12-7-4-10(18-16(17)22)8-13(12)15(19)21/h2-8H,1H3,(H3,17,18,22). The highest BCUT2D eigenvalue weighted by molar-refractivity contribution is 7.80. The van der Waals surface area contributed by atoms with Crippen LogP contribution in [0.25, 0.3) is 0 Å². The van der Waals surface area contributed by atoms with Crippen molar-refractivity contribution in [2.24, 2.45) is 5.73 Å². The Kier molecular flexibility index (Phi) is 3.38. The number of thiocarbonyl (C=S) groups is 1. The van der Waals surface area contributed by atoms with Crippen molar-refractivity contribution in [2.75, 3.05) is 10.2 Å². The molecule has 0 bridgehead atoms. The van der Waals surface area contributed by atoms with Gasteiger partial charge in [-0.15, -0.1) is 0 Å². The first-order chi connectivity index (χ1) is 10.5. The van der Waals surface area contributed by atoms with Gasteiger partial charge in [-0.2, -0.15) is 0 Å². The molecule has 0 atom stereocenters. The number of imide groups is 1. The van der Waals surface area contributed by atoms with Crippen LogP contribution in [0.4, 0.5) is 11.4 Å². The largest absolute Gasteiger partial charge is 0.376 e. The maximum atomic E-state index is 12.5. The molecule has 0 unspecified atom stereocenters. The summed E-state index contributed by atoms with van der Waals surface area (Å²) in [5.41, 5.74) is 8.33. The van der Waals surface area contributed by atoms with E-state index in [1.54, 1.807) is 30.3 Å². The van der Waals surface area contributed by atoms with Crippen LogP contribution in [0.3, 0.4) is 0 Å². The van der Waals surface area contributed by atoms with Gasteiger partial charge in [-0.05, 0) is 49.5 Å². The van der Waals surface area contributed by atoms with Gasteiger partial charge in [0.1, 0.15) is 0 Å². The fourth-order valence-electron chi connectivity index (χ4n) is 2.39. The first-order valence-corrected chi connectivity index (χ1v) is 7.04. The maximum Gasteiger partial charge on any atom is 0.266 e. The number of benzene rings is 2. The van der Waals surface area contributed by atoms with Crippen molar-refractivity contribution >= 4 is 40.5 Å². The Balaban J connectivity index is 2.01. The molecule has 6 heteroatoms. The highest BCUT2D eigenvalue weighted by atomic mass is 32.1. The predicted molar refractivity (Wildman–Crippen MR) is 89.2 cm³/mol. The van der Waals surface area contributed by atoms with Gasteiger partial charge >= 0.3 is 0 Å². The van der Waals surface area contributed by atoms with Crippen LogP contribution in [0.15, 0.2) is 42.5 Å². The quantitative estimate of drug-likeness (QED) is 0.658. The summed E-state index contributed by atoms with van der Waals surface area (Å²) in [6.45, 7) is 1.94. The molecule has 0 aromatic heterocycles. The maximum absolute atomic E-state index is 12.5. The molecule has 1 aliphatic heterocycles. The second-order valence-corrected chi connectivity index (χ2v) is 5.47. The van der Waals surface area contributed by atoms with Gasteiger partial charge in [0.25, 0.3) is 11.8 Å². The molecule has 3 rings (SSSR count). The smallest absolute Gasteiger partial charge is 0.266 e. The third-order valence-corrected chi connectivity index (χ3v) is 3.55. The molecule has 0 spiro atoms. The van der Waals surface area contributed by atoms with Crippen molar-refractivity contribution in [3.63, 3.8) is 0 Å². The highest BCUT2D eigenvalue weighted by Gasteiger charge is 2.36. The number of anilines is 2. The average Bonchev–Trinajstić information content (AvgIpc) is 2.71. The molecule has 2 amide bonds. The number of nitrogens with zero attached hydrogens (tertiary/aromatic N) is 1. The number of carbonyl (C=O) groups is 2. The number of rotatable bonds is 2. The summed E-state index contributed by atoms with van der Waals surface area (Å²) >= 11 is 4.77. The average molecular weight is 311 g/mol. The van der Waals surface area contributed by atoms with Gasteiger partial charge in [0.15, 0.2) is 5.11 Å². The molecule has 3 N–H and O–H groups in total. The van der Waals surface area contributed by atoms with E-state index >= 15 is 0 Å². The first kappa shape index (κ1) is 14.2. The number of aryl methyl sites for hydroxylation is 1. The Hall–Kier alpha value is -2.73. The van der Waals surface area contributed by atoms with E-state index in [1.807, 2.05) is 19.1 Å². The van der Waals surface area contributed by atoms with Gasteiger partial charge < -0.3 is 11.1 Å². The fraction of sp³-hybridized carbons (Fsp3) is 0.0625. The number of hydrogen-bond acceptors (Lipinski definition) is 3. The SMILES string of the molecule is Cc1ccc(N2C(=O)c3ccc(NC(N)=S)cc3C2=O)cc1. The minimum absolute atomic E-state index is 0.104. The zero-order valence-electron chi connectivity index (χ0n) is 11.8. The zero-order chi connectivity index (χ0) is 15.9. The lowest BCUT2D eigenvalue weighted by Gasteiger charge is -2.13. The summed E-state index contributed by atoms with van der Waals surface area (Å²) in [7, 11) is 0. The van der Waals surface area contributed by atoms with Crippen molar-refractivity contribution in [1.82, 2.24) is 0 Å². The lowest BCUT2D eigenvalue weighted by molar-refractivity contribution is 0.0926. The summed E-state index contributed by atoms with van der Waals surface area (Å²) in [4.78, 5) is 26.2. The third kappa shape index (κ3) is 2.33. The van der Waals surface area contributed by atoms with Gasteiger partial charge in [-0.1, -0.05) is 17.7 Å². The minimum atomic E-state index is -0.351. The van der Waals surface area contributed by atoms with Gasteiger partial charge in [0.05, 0.1) is 16.8 Å². The lowest BCUT2D eigenvalue weighted by atomic mass is 10.1. The lowest BCUT2D eigenvalue weighted by Crippen LogP contribution is -2.29. The Bertz CT molecular complexity index is 800. The van der Waals surface area contributed by atoms with E-state index < -0.39 is 0 Å². The molecular weight excluding hydrogens is 298 g/mol. The van der Waals surface area contributed by atoms with Crippen LogP contribution in [0.2, 0.25) is 0 Å². The zero-order valence-corrected chi connectivity index (χ0v) is 12.6. The van der Waals surface area contributed by atoms with Crippen molar-refractivity contribution < 1.29 is 9.59 Å². The Morgan fingerprint density at radius 3 is 2.32 bits per heavy atom. The number of fused-ring (bicyclic) bond motifs is 1. The summed E-state index contributed by atoms with van der Waals surface area (Å²) in [6, 6.07) is 12.1. The van der Waals surface area contributed by atoms with Crippen LogP contribution in [-0.4, -0.2) is 16.9 Å². The Morgan fingerprint density at radius 2 is 1.68 bits per heavy atom. The number of nitrogens with one attached hydrogen (secondary N) is 1. The third-order valence-electron chi connectivity index (χ3n) is 3.45. The summed E-state index contributed by atoms with van der Waals surface area (Å²) in [6.07, 6.45) is 0. The first-order valence-electron chi connectivity index (χ1n) is 6.63. The van der Waals surface area contributed by atoms with Crippen molar-refractivity contribution in [3.8, 4) is 0 Å². The van der Waals surface area contributed by atoms with E-state index in [0.717, 1.165) is 5.56 Å². The summed E-state index contributed by atoms with van der Waals surface area (Å²) < 4.78 is 0. The molecule has 110 valence electrons. The predicted octanol–water partition coefficient (Wildman–Crippen LogP) is 2.45. The summed E-state index contributed by atoms with van der Waals surface area (Å²) in [5, 5.41) is 2.86. The van der Waals surface area contributed by atoms with Crippen molar-refractivity contribution in [2.45, 2.75) is 6.92 Å². The van der Waals surface area contributed by atoms with Crippen LogP contribution >= 0.6 is 12.2 Å². The Labute approximate surface area is 132 Å². The molecule has 0 radical (unpaired) electrons. The van der Waals surface area contributed by atoms with Crippen LogP contribution in [0.1, 0.15) is 26.3 Å². The van der Waals surface area contributed by atoms with Gasteiger partial charge in [0.2, 0.25) is 0 Å². The summed E-state index contributed by atoms with van der Waals surface area (Å²) in [5.74, 6) is -0.679. The second kappa shape index (κ2) is 5.23. The molecule has 1 heterocycles. The molecular formula is C16H13N3O2S. The number of hydrogen-bond donors (Lipinski definition) is 2. The van der Waals surface area contributed by atoms with E-state index in [-0.39, 0.29) is 16.9 Å². The molecule has 1 aliphatic rings. The number of amides is 2. The molecule has 22 heavy (non-hydrogen) atoms. The molecule has 0 saturated carbocycles.